The molecule has 1 aliphatic rings. The second-order valence-corrected chi connectivity index (χ2v) is 6.37. The third-order valence-electron chi connectivity index (χ3n) is 3.73. The summed E-state index contributed by atoms with van der Waals surface area (Å²) < 4.78 is 0. The molecule has 0 radical (unpaired) electrons. The third-order valence-corrected chi connectivity index (χ3v) is 4.51. The molecular weight excluding hydrogens is 218 g/mol. The van der Waals surface area contributed by atoms with E-state index in [2.05, 4.69) is 18.8 Å². The third kappa shape index (κ3) is 2.51. The Morgan fingerprint density at radius 2 is 2.38 bits per heavy atom. The predicted molar refractivity (Wildman–Crippen MR) is 66.6 cm³/mol. The highest BCUT2D eigenvalue weighted by Crippen LogP contribution is 2.41. The molecular formula is C13H19NOS. The molecule has 0 saturated heterocycles. The number of hydrogen-bond acceptors (Lipinski definition) is 3. The Labute approximate surface area is 101 Å². The largest absolute Gasteiger partial charge is 0.299 e. The molecule has 0 bridgehead atoms. The number of hydrogen-bond donors (Lipinski definition) is 0. The van der Waals surface area contributed by atoms with E-state index in [1.165, 1.54) is 19.3 Å². The quantitative estimate of drug-likeness (QED) is 0.805. The van der Waals surface area contributed by atoms with Crippen LogP contribution in [0, 0.1) is 11.3 Å². The number of aromatic nitrogens is 1. The molecule has 1 unspecified atom stereocenters. The Balaban J connectivity index is 2.03. The fourth-order valence-corrected chi connectivity index (χ4v) is 3.32. The zero-order valence-electron chi connectivity index (χ0n) is 10.0. The van der Waals surface area contributed by atoms with Crippen LogP contribution in [-0.4, -0.2) is 10.8 Å². The van der Waals surface area contributed by atoms with Crippen molar-refractivity contribution in [3.63, 3.8) is 0 Å². The molecule has 1 aromatic rings. The first kappa shape index (κ1) is 11.8. The fourth-order valence-electron chi connectivity index (χ4n) is 2.72. The summed E-state index contributed by atoms with van der Waals surface area (Å²) in [6.07, 6.45) is 7.15. The van der Waals surface area contributed by atoms with E-state index in [-0.39, 0.29) is 11.3 Å². The normalized spacial score (nSPS) is 24.2. The van der Waals surface area contributed by atoms with Crippen LogP contribution >= 0.6 is 11.3 Å². The summed E-state index contributed by atoms with van der Waals surface area (Å²) in [4.78, 5) is 17.4. The van der Waals surface area contributed by atoms with Crippen LogP contribution in [0.4, 0.5) is 0 Å². The second kappa shape index (κ2) is 4.66. The summed E-state index contributed by atoms with van der Waals surface area (Å²) in [5, 5.41) is 0. The molecule has 0 amide bonds. The van der Waals surface area contributed by atoms with Gasteiger partial charge in [-0.25, -0.2) is 0 Å². The van der Waals surface area contributed by atoms with Crippen molar-refractivity contribution in [3.8, 4) is 0 Å². The van der Waals surface area contributed by atoms with Crippen LogP contribution in [0.15, 0.2) is 11.7 Å². The van der Waals surface area contributed by atoms with Gasteiger partial charge in [-0.2, -0.15) is 0 Å². The smallest absolute Gasteiger partial charge is 0.141 e. The molecule has 1 fully saturated rings. The molecule has 0 aromatic carbocycles. The number of thiazole rings is 1. The van der Waals surface area contributed by atoms with E-state index in [1.807, 2.05) is 6.20 Å². The molecule has 1 aromatic heterocycles. The summed E-state index contributed by atoms with van der Waals surface area (Å²) in [6.45, 7) is 4.47. The van der Waals surface area contributed by atoms with E-state index in [0.717, 1.165) is 11.3 Å². The minimum absolute atomic E-state index is 0.194. The van der Waals surface area contributed by atoms with Gasteiger partial charge in [0, 0.05) is 23.4 Å². The number of carbonyl (C=O) groups excluding carboxylic acids is 1. The van der Waals surface area contributed by atoms with Crippen molar-refractivity contribution in [2.75, 3.05) is 0 Å². The van der Waals surface area contributed by atoms with E-state index in [9.17, 15) is 4.79 Å². The van der Waals surface area contributed by atoms with Gasteiger partial charge in [0.2, 0.25) is 0 Å². The molecule has 0 aliphatic heterocycles. The van der Waals surface area contributed by atoms with Crippen LogP contribution in [-0.2, 0) is 11.2 Å². The number of carbonyl (C=O) groups is 1. The zero-order chi connectivity index (χ0) is 11.6. The highest BCUT2D eigenvalue weighted by molar-refractivity contribution is 7.09. The first-order valence-corrected chi connectivity index (χ1v) is 6.87. The Morgan fingerprint density at radius 3 is 3.00 bits per heavy atom. The molecule has 2 rings (SSSR count). The highest BCUT2D eigenvalue weighted by atomic mass is 32.1. The van der Waals surface area contributed by atoms with Crippen LogP contribution in [0.3, 0.4) is 0 Å². The fraction of sp³-hybridized carbons (Fsp3) is 0.692. The van der Waals surface area contributed by atoms with E-state index in [4.69, 9.17) is 0 Å². The predicted octanol–water partition coefficient (Wildman–Crippen LogP) is 3.47. The van der Waals surface area contributed by atoms with Gasteiger partial charge >= 0.3 is 0 Å². The van der Waals surface area contributed by atoms with Gasteiger partial charge in [-0.05, 0) is 18.3 Å². The SMILES string of the molecule is CC1(C)CCCCC1C(=O)Cc1cncs1. The second-order valence-electron chi connectivity index (χ2n) is 5.40. The number of ketones is 1. The van der Waals surface area contributed by atoms with Gasteiger partial charge in [0.1, 0.15) is 5.78 Å². The minimum Gasteiger partial charge on any atom is -0.299 e. The standard InChI is InChI=1S/C13H19NOS/c1-13(2)6-4-3-5-11(13)12(15)7-10-8-14-9-16-10/h8-9,11H,3-7H2,1-2H3. The Bertz CT molecular complexity index is 356. The summed E-state index contributed by atoms with van der Waals surface area (Å²) in [6, 6.07) is 0. The average molecular weight is 237 g/mol. The van der Waals surface area contributed by atoms with Gasteiger partial charge in [0.05, 0.1) is 5.51 Å². The van der Waals surface area contributed by atoms with Gasteiger partial charge < -0.3 is 0 Å². The Hall–Kier alpha value is -0.700. The van der Waals surface area contributed by atoms with Crippen LogP contribution in [0.2, 0.25) is 0 Å². The van der Waals surface area contributed by atoms with Crippen LogP contribution in [0.1, 0.15) is 44.4 Å². The summed E-state index contributed by atoms with van der Waals surface area (Å²) >= 11 is 1.58. The first-order valence-electron chi connectivity index (χ1n) is 6.00. The monoisotopic (exact) mass is 237 g/mol. The lowest BCUT2D eigenvalue weighted by Crippen LogP contribution is -2.34. The van der Waals surface area contributed by atoms with Crippen molar-refractivity contribution in [1.29, 1.82) is 0 Å². The lowest BCUT2D eigenvalue weighted by Gasteiger charge is -2.37. The Kier molecular flexibility index (Phi) is 3.43. The van der Waals surface area contributed by atoms with Crippen molar-refractivity contribution >= 4 is 17.1 Å². The topological polar surface area (TPSA) is 30.0 Å². The van der Waals surface area contributed by atoms with Gasteiger partial charge in [-0.3, -0.25) is 9.78 Å². The highest BCUT2D eigenvalue weighted by Gasteiger charge is 2.36. The molecule has 2 nitrogen and oxygen atoms in total. The summed E-state index contributed by atoms with van der Waals surface area (Å²) in [7, 11) is 0. The lowest BCUT2D eigenvalue weighted by molar-refractivity contribution is -0.127. The van der Waals surface area contributed by atoms with E-state index < -0.39 is 0 Å². The summed E-state index contributed by atoms with van der Waals surface area (Å²) in [5.41, 5.74) is 1.99. The molecule has 0 N–H and O–H groups in total. The van der Waals surface area contributed by atoms with Crippen molar-refractivity contribution in [2.45, 2.75) is 46.0 Å². The first-order chi connectivity index (χ1) is 7.59. The molecule has 0 spiro atoms. The maximum Gasteiger partial charge on any atom is 0.141 e. The van der Waals surface area contributed by atoms with Gasteiger partial charge in [0.15, 0.2) is 0 Å². The van der Waals surface area contributed by atoms with Crippen molar-refractivity contribution in [3.05, 3.63) is 16.6 Å². The summed E-state index contributed by atoms with van der Waals surface area (Å²) in [5.74, 6) is 0.664. The molecule has 88 valence electrons. The average Bonchev–Trinajstić information content (AvgIpc) is 2.69. The van der Waals surface area contributed by atoms with Gasteiger partial charge in [-0.15, -0.1) is 11.3 Å². The molecule has 1 atom stereocenters. The minimum atomic E-state index is 0.194. The van der Waals surface area contributed by atoms with Crippen molar-refractivity contribution < 1.29 is 4.79 Å². The molecule has 1 saturated carbocycles. The van der Waals surface area contributed by atoms with Crippen LogP contribution < -0.4 is 0 Å². The Morgan fingerprint density at radius 1 is 1.56 bits per heavy atom. The number of rotatable bonds is 3. The van der Waals surface area contributed by atoms with Crippen LogP contribution in [0.5, 0.6) is 0 Å². The molecule has 1 heterocycles. The van der Waals surface area contributed by atoms with E-state index in [0.29, 0.717) is 12.2 Å². The molecule has 1 aliphatic carbocycles. The van der Waals surface area contributed by atoms with Crippen molar-refractivity contribution in [1.82, 2.24) is 4.98 Å². The van der Waals surface area contributed by atoms with Gasteiger partial charge in [-0.1, -0.05) is 26.7 Å². The maximum atomic E-state index is 12.3. The maximum absolute atomic E-state index is 12.3. The van der Waals surface area contributed by atoms with Crippen LogP contribution in [0.25, 0.3) is 0 Å². The van der Waals surface area contributed by atoms with Crippen molar-refractivity contribution in [2.24, 2.45) is 11.3 Å². The van der Waals surface area contributed by atoms with E-state index >= 15 is 0 Å². The number of Topliss-reactive ketones (excluding diaryl/α,β-unsaturated/α-hetero) is 1. The van der Waals surface area contributed by atoms with Gasteiger partial charge in [0.25, 0.3) is 0 Å². The number of nitrogens with zero attached hydrogens (tertiary/aromatic N) is 1. The zero-order valence-corrected chi connectivity index (χ0v) is 10.8. The molecule has 3 heteroatoms. The van der Waals surface area contributed by atoms with E-state index in [1.54, 1.807) is 16.8 Å². The molecule has 16 heavy (non-hydrogen) atoms. The lowest BCUT2D eigenvalue weighted by atomic mass is 9.67.